The highest BCUT2D eigenvalue weighted by Gasteiger charge is 2.27. The van der Waals surface area contributed by atoms with Crippen molar-refractivity contribution in [1.82, 2.24) is 0 Å². The van der Waals surface area contributed by atoms with Crippen molar-refractivity contribution in [3.63, 3.8) is 0 Å². The third-order valence-corrected chi connectivity index (χ3v) is 3.59. The van der Waals surface area contributed by atoms with Gasteiger partial charge in [0.15, 0.2) is 6.10 Å². The van der Waals surface area contributed by atoms with Gasteiger partial charge in [0.25, 0.3) is 0 Å². The molecule has 1 unspecified atom stereocenters. The zero-order chi connectivity index (χ0) is 14.7. The van der Waals surface area contributed by atoms with Gasteiger partial charge >= 0.3 is 5.97 Å². The van der Waals surface area contributed by atoms with Gasteiger partial charge < -0.3 is 14.6 Å². The van der Waals surface area contributed by atoms with Crippen LogP contribution < -0.4 is 4.74 Å². The normalized spacial score (nSPS) is 15.8. The number of hydrogen-bond acceptors (Lipinski definition) is 4. The average Bonchev–Trinajstić information content (AvgIpc) is 3.20. The summed E-state index contributed by atoms with van der Waals surface area (Å²) in [7, 11) is 0. The largest absolute Gasteiger partial charge is 0.492 e. The highest BCUT2D eigenvalue weighted by molar-refractivity contribution is 9.10. The van der Waals surface area contributed by atoms with Crippen LogP contribution in [0.5, 0.6) is 5.75 Å². The molecule has 0 saturated heterocycles. The highest BCUT2D eigenvalue weighted by atomic mass is 79.9. The van der Waals surface area contributed by atoms with E-state index in [1.54, 1.807) is 6.92 Å². The number of ether oxygens (including phenoxy) is 2. The number of aliphatic hydroxyl groups is 1. The van der Waals surface area contributed by atoms with Crippen molar-refractivity contribution in [3.05, 3.63) is 28.0 Å². The van der Waals surface area contributed by atoms with E-state index in [1.165, 1.54) is 6.07 Å². The van der Waals surface area contributed by atoms with Crippen LogP contribution in [-0.2, 0) is 9.53 Å². The molecule has 0 spiro atoms. The molecule has 0 aromatic heterocycles. The Kier molecular flexibility index (Phi) is 4.99. The minimum atomic E-state index is -1.56. The third-order valence-electron chi connectivity index (χ3n) is 3.00. The van der Waals surface area contributed by atoms with E-state index >= 15 is 0 Å². The number of benzene rings is 1. The minimum absolute atomic E-state index is 0.0796. The van der Waals surface area contributed by atoms with Crippen molar-refractivity contribution in [2.45, 2.75) is 25.9 Å². The summed E-state index contributed by atoms with van der Waals surface area (Å²) in [6, 6.07) is 2.33. The van der Waals surface area contributed by atoms with Crippen LogP contribution in [0.2, 0.25) is 0 Å². The Bertz CT molecular complexity index is 502. The van der Waals surface area contributed by atoms with Crippen molar-refractivity contribution in [2.24, 2.45) is 5.92 Å². The summed E-state index contributed by atoms with van der Waals surface area (Å²) < 4.78 is 24.2. The van der Waals surface area contributed by atoms with Crippen molar-refractivity contribution >= 4 is 21.9 Å². The zero-order valence-corrected chi connectivity index (χ0v) is 12.7. The number of carbonyl (C=O) groups is 1. The Labute approximate surface area is 125 Å². The molecule has 1 fully saturated rings. The molecule has 20 heavy (non-hydrogen) atoms. The van der Waals surface area contributed by atoms with Crippen molar-refractivity contribution in [2.75, 3.05) is 13.2 Å². The van der Waals surface area contributed by atoms with Gasteiger partial charge in [-0.05, 0) is 53.7 Å². The fourth-order valence-electron chi connectivity index (χ4n) is 1.77. The fraction of sp³-hybridized carbons (Fsp3) is 0.500. The number of halogens is 2. The predicted molar refractivity (Wildman–Crippen MR) is 73.9 cm³/mol. The van der Waals surface area contributed by atoms with E-state index in [-0.39, 0.29) is 12.2 Å². The zero-order valence-electron chi connectivity index (χ0n) is 11.1. The quantitative estimate of drug-likeness (QED) is 0.804. The van der Waals surface area contributed by atoms with Crippen molar-refractivity contribution < 1.29 is 23.8 Å². The molecule has 1 saturated carbocycles. The van der Waals surface area contributed by atoms with Crippen LogP contribution in [0.4, 0.5) is 4.39 Å². The average molecular weight is 347 g/mol. The summed E-state index contributed by atoms with van der Waals surface area (Å²) in [6.45, 7) is 2.27. The molecular formula is C14H16BrFO4. The molecule has 1 atom stereocenters. The summed E-state index contributed by atoms with van der Waals surface area (Å²) in [6.07, 6.45) is 0.652. The first kappa shape index (κ1) is 15.3. The summed E-state index contributed by atoms with van der Waals surface area (Å²) >= 11 is 3.20. The van der Waals surface area contributed by atoms with Gasteiger partial charge in [0.05, 0.1) is 17.7 Å². The molecule has 1 N–H and O–H groups in total. The SMILES string of the molecule is CCOC(=O)C(O)c1cc(F)cc(Br)c1OCC1CC1. The Morgan fingerprint density at radius 1 is 1.55 bits per heavy atom. The van der Waals surface area contributed by atoms with Crippen LogP contribution >= 0.6 is 15.9 Å². The second-order valence-electron chi connectivity index (χ2n) is 4.71. The monoisotopic (exact) mass is 346 g/mol. The lowest BCUT2D eigenvalue weighted by Gasteiger charge is -2.17. The second kappa shape index (κ2) is 6.54. The lowest BCUT2D eigenvalue weighted by molar-refractivity contribution is -0.153. The number of rotatable bonds is 6. The molecule has 4 nitrogen and oxygen atoms in total. The summed E-state index contributed by atoms with van der Waals surface area (Å²) in [5, 5.41) is 9.99. The van der Waals surface area contributed by atoms with Crippen LogP contribution in [0.1, 0.15) is 31.4 Å². The standard InChI is InChI=1S/C14H16BrFO4/c1-2-19-14(18)12(17)10-5-9(16)6-11(15)13(10)20-7-8-3-4-8/h5-6,8,12,17H,2-4,7H2,1H3. The van der Waals surface area contributed by atoms with E-state index in [1.807, 2.05) is 0 Å². The summed E-state index contributed by atoms with van der Waals surface area (Å²) in [4.78, 5) is 11.6. The molecule has 0 bridgehead atoms. The van der Waals surface area contributed by atoms with Gasteiger partial charge in [-0.25, -0.2) is 9.18 Å². The van der Waals surface area contributed by atoms with E-state index in [2.05, 4.69) is 15.9 Å². The highest BCUT2D eigenvalue weighted by Crippen LogP contribution is 2.37. The molecule has 0 amide bonds. The number of carbonyl (C=O) groups excluding carboxylic acids is 1. The van der Waals surface area contributed by atoms with Gasteiger partial charge in [-0.2, -0.15) is 0 Å². The predicted octanol–water partition coefficient (Wildman–Crippen LogP) is 2.97. The van der Waals surface area contributed by atoms with E-state index in [0.717, 1.165) is 18.9 Å². The lowest BCUT2D eigenvalue weighted by Crippen LogP contribution is -2.17. The topological polar surface area (TPSA) is 55.8 Å². The first-order valence-electron chi connectivity index (χ1n) is 6.49. The Hall–Kier alpha value is -1.14. The van der Waals surface area contributed by atoms with Crippen LogP contribution in [0.15, 0.2) is 16.6 Å². The Morgan fingerprint density at radius 2 is 2.25 bits per heavy atom. The van der Waals surface area contributed by atoms with Crippen LogP contribution in [-0.4, -0.2) is 24.3 Å². The number of esters is 1. The smallest absolute Gasteiger partial charge is 0.339 e. The lowest BCUT2D eigenvalue weighted by atomic mass is 10.1. The Morgan fingerprint density at radius 3 is 2.85 bits per heavy atom. The molecule has 1 aliphatic rings. The van der Waals surface area contributed by atoms with Crippen molar-refractivity contribution in [1.29, 1.82) is 0 Å². The maximum Gasteiger partial charge on any atom is 0.339 e. The summed E-state index contributed by atoms with van der Waals surface area (Å²) in [5.41, 5.74) is 0.0796. The first-order chi connectivity index (χ1) is 9.52. The van der Waals surface area contributed by atoms with Crippen LogP contribution in [0.3, 0.4) is 0 Å². The molecule has 6 heteroatoms. The maximum atomic E-state index is 13.5. The summed E-state index contributed by atoms with van der Waals surface area (Å²) in [5.74, 6) is -0.589. The van der Waals surface area contributed by atoms with E-state index in [9.17, 15) is 14.3 Å². The molecule has 1 aromatic carbocycles. The molecule has 110 valence electrons. The maximum absolute atomic E-state index is 13.5. The van der Waals surface area contributed by atoms with Gasteiger partial charge in [0.2, 0.25) is 0 Å². The third kappa shape index (κ3) is 3.70. The van der Waals surface area contributed by atoms with Gasteiger partial charge in [-0.1, -0.05) is 0 Å². The molecule has 1 aromatic rings. The van der Waals surface area contributed by atoms with Gasteiger partial charge in [-0.15, -0.1) is 0 Å². The number of aliphatic hydroxyl groups excluding tert-OH is 1. The van der Waals surface area contributed by atoms with Gasteiger partial charge in [0, 0.05) is 5.56 Å². The fourth-order valence-corrected chi connectivity index (χ4v) is 2.33. The molecule has 0 radical (unpaired) electrons. The first-order valence-corrected chi connectivity index (χ1v) is 7.28. The van der Waals surface area contributed by atoms with Crippen LogP contribution in [0, 0.1) is 11.7 Å². The number of hydrogen-bond donors (Lipinski definition) is 1. The minimum Gasteiger partial charge on any atom is -0.492 e. The van der Waals surface area contributed by atoms with Crippen molar-refractivity contribution in [3.8, 4) is 5.75 Å². The van der Waals surface area contributed by atoms with E-state index < -0.39 is 17.9 Å². The molecule has 2 rings (SSSR count). The van der Waals surface area contributed by atoms with E-state index in [0.29, 0.717) is 22.7 Å². The molecule has 0 heterocycles. The molecule has 0 aliphatic heterocycles. The van der Waals surface area contributed by atoms with Gasteiger partial charge in [-0.3, -0.25) is 0 Å². The van der Waals surface area contributed by atoms with Gasteiger partial charge in [0.1, 0.15) is 11.6 Å². The second-order valence-corrected chi connectivity index (χ2v) is 5.57. The van der Waals surface area contributed by atoms with E-state index in [4.69, 9.17) is 9.47 Å². The Balaban J connectivity index is 2.25. The van der Waals surface area contributed by atoms with Crippen LogP contribution in [0.25, 0.3) is 0 Å². The molecule has 1 aliphatic carbocycles. The molecular weight excluding hydrogens is 331 g/mol.